The van der Waals surface area contributed by atoms with Gasteiger partial charge in [-0.1, -0.05) is 12.1 Å². The molecule has 0 atom stereocenters. The maximum atomic E-state index is 11.5. The van der Waals surface area contributed by atoms with E-state index in [4.69, 9.17) is 10.5 Å². The Morgan fingerprint density at radius 1 is 1.47 bits per heavy atom. The van der Waals surface area contributed by atoms with Gasteiger partial charge in [-0.3, -0.25) is 9.89 Å². The van der Waals surface area contributed by atoms with Gasteiger partial charge in [-0.05, 0) is 12.1 Å². The van der Waals surface area contributed by atoms with Gasteiger partial charge in [0.05, 0.1) is 12.7 Å². The standard InChI is InChI=1S/C11H13N3O3/c1-17-9-5-3-2-4-8(9)14-11(16)7(6-12)10(15)13-14/h2-5,16H,6,12H2,1H3,(H,13,15). The van der Waals surface area contributed by atoms with E-state index in [1.807, 2.05) is 0 Å². The number of H-pyrrole nitrogens is 1. The topological polar surface area (TPSA) is 93.3 Å². The molecule has 1 heterocycles. The zero-order valence-electron chi connectivity index (χ0n) is 9.30. The van der Waals surface area contributed by atoms with Crippen molar-refractivity contribution in [2.24, 2.45) is 5.73 Å². The van der Waals surface area contributed by atoms with E-state index in [2.05, 4.69) is 5.10 Å². The summed E-state index contributed by atoms with van der Waals surface area (Å²) in [7, 11) is 1.52. The van der Waals surface area contributed by atoms with Gasteiger partial charge < -0.3 is 15.6 Å². The Labute approximate surface area is 97.2 Å². The molecule has 0 amide bonds. The van der Waals surface area contributed by atoms with E-state index < -0.39 is 5.56 Å². The number of ether oxygens (including phenoxy) is 1. The average Bonchev–Trinajstić information content (AvgIpc) is 2.64. The van der Waals surface area contributed by atoms with Crippen LogP contribution in [0.5, 0.6) is 11.6 Å². The van der Waals surface area contributed by atoms with E-state index >= 15 is 0 Å². The zero-order valence-corrected chi connectivity index (χ0v) is 9.30. The molecule has 1 aromatic heterocycles. The second-order valence-corrected chi connectivity index (χ2v) is 3.45. The number of hydrogen-bond acceptors (Lipinski definition) is 4. The van der Waals surface area contributed by atoms with Gasteiger partial charge in [0, 0.05) is 6.54 Å². The average molecular weight is 235 g/mol. The smallest absolute Gasteiger partial charge is 0.272 e. The van der Waals surface area contributed by atoms with E-state index in [9.17, 15) is 9.90 Å². The summed E-state index contributed by atoms with van der Waals surface area (Å²) < 4.78 is 6.41. The molecule has 17 heavy (non-hydrogen) atoms. The molecule has 0 saturated carbocycles. The number of methoxy groups -OCH3 is 1. The van der Waals surface area contributed by atoms with Crippen LogP contribution in [0.4, 0.5) is 0 Å². The van der Waals surface area contributed by atoms with Crippen LogP contribution in [0.15, 0.2) is 29.1 Å². The molecule has 6 nitrogen and oxygen atoms in total. The molecule has 0 spiro atoms. The Bertz CT molecular complexity index is 586. The summed E-state index contributed by atoms with van der Waals surface area (Å²) in [6.07, 6.45) is 0. The van der Waals surface area contributed by atoms with Gasteiger partial charge in [-0.2, -0.15) is 0 Å². The van der Waals surface area contributed by atoms with Crippen molar-refractivity contribution in [2.75, 3.05) is 7.11 Å². The van der Waals surface area contributed by atoms with Crippen molar-refractivity contribution in [1.82, 2.24) is 9.78 Å². The summed E-state index contributed by atoms with van der Waals surface area (Å²) in [4.78, 5) is 11.5. The highest BCUT2D eigenvalue weighted by Crippen LogP contribution is 2.25. The fourth-order valence-corrected chi connectivity index (χ4v) is 1.63. The van der Waals surface area contributed by atoms with Crippen LogP contribution >= 0.6 is 0 Å². The lowest BCUT2D eigenvalue weighted by Crippen LogP contribution is -2.10. The highest BCUT2D eigenvalue weighted by molar-refractivity contribution is 5.48. The molecule has 0 bridgehead atoms. The lowest BCUT2D eigenvalue weighted by Gasteiger charge is -2.09. The number of benzene rings is 1. The summed E-state index contributed by atoms with van der Waals surface area (Å²) in [5.41, 5.74) is 5.68. The molecule has 0 aliphatic rings. The summed E-state index contributed by atoms with van der Waals surface area (Å²) >= 11 is 0. The van der Waals surface area contributed by atoms with Crippen molar-refractivity contribution in [3.05, 3.63) is 40.2 Å². The molecular weight excluding hydrogens is 222 g/mol. The molecule has 4 N–H and O–H groups in total. The molecule has 0 aliphatic carbocycles. The van der Waals surface area contributed by atoms with E-state index in [0.717, 1.165) is 0 Å². The second kappa shape index (κ2) is 4.34. The molecule has 0 fully saturated rings. The van der Waals surface area contributed by atoms with Gasteiger partial charge in [0.15, 0.2) is 0 Å². The molecular formula is C11H13N3O3. The third-order valence-corrected chi connectivity index (χ3v) is 2.50. The fourth-order valence-electron chi connectivity index (χ4n) is 1.63. The van der Waals surface area contributed by atoms with Crippen molar-refractivity contribution < 1.29 is 9.84 Å². The Hall–Kier alpha value is -2.21. The minimum absolute atomic E-state index is 0.0245. The Kier molecular flexibility index (Phi) is 2.88. The third kappa shape index (κ3) is 1.78. The first-order valence-corrected chi connectivity index (χ1v) is 5.05. The third-order valence-electron chi connectivity index (χ3n) is 2.50. The normalized spacial score (nSPS) is 10.5. The molecule has 0 unspecified atom stereocenters. The van der Waals surface area contributed by atoms with Crippen LogP contribution in [-0.2, 0) is 6.54 Å². The lowest BCUT2D eigenvalue weighted by atomic mass is 10.3. The summed E-state index contributed by atoms with van der Waals surface area (Å²) in [6.45, 7) is -0.0245. The van der Waals surface area contributed by atoms with E-state index in [-0.39, 0.29) is 18.0 Å². The van der Waals surface area contributed by atoms with Gasteiger partial charge in [-0.25, -0.2) is 4.68 Å². The number of aromatic hydroxyl groups is 1. The first-order valence-electron chi connectivity index (χ1n) is 5.05. The number of nitrogens with one attached hydrogen (secondary N) is 1. The van der Waals surface area contributed by atoms with Crippen molar-refractivity contribution in [3.8, 4) is 17.3 Å². The van der Waals surface area contributed by atoms with Gasteiger partial charge >= 0.3 is 0 Å². The van der Waals surface area contributed by atoms with Crippen LogP contribution in [0.25, 0.3) is 5.69 Å². The summed E-state index contributed by atoms with van der Waals surface area (Å²) in [5, 5.41) is 12.4. The molecule has 2 aromatic rings. The molecule has 1 aromatic carbocycles. The van der Waals surface area contributed by atoms with Crippen LogP contribution in [0, 0.1) is 0 Å². The first-order chi connectivity index (χ1) is 8.19. The fraction of sp³-hybridized carbons (Fsp3) is 0.182. The van der Waals surface area contributed by atoms with E-state index in [1.54, 1.807) is 24.3 Å². The number of aromatic amines is 1. The monoisotopic (exact) mass is 235 g/mol. The minimum Gasteiger partial charge on any atom is -0.494 e. The van der Waals surface area contributed by atoms with Crippen LogP contribution in [-0.4, -0.2) is 22.0 Å². The van der Waals surface area contributed by atoms with E-state index in [1.165, 1.54) is 11.8 Å². The number of nitrogens with two attached hydrogens (primary N) is 1. The van der Waals surface area contributed by atoms with Crippen molar-refractivity contribution in [1.29, 1.82) is 0 Å². The molecule has 6 heteroatoms. The minimum atomic E-state index is -0.407. The maximum Gasteiger partial charge on any atom is 0.272 e. The molecule has 0 aliphatic heterocycles. The number of para-hydroxylation sites is 2. The van der Waals surface area contributed by atoms with Gasteiger partial charge in [-0.15, -0.1) is 0 Å². The van der Waals surface area contributed by atoms with Crippen LogP contribution in [0.2, 0.25) is 0 Å². The van der Waals surface area contributed by atoms with Crippen molar-refractivity contribution in [2.45, 2.75) is 6.54 Å². The van der Waals surface area contributed by atoms with Crippen LogP contribution in [0.3, 0.4) is 0 Å². The highest BCUT2D eigenvalue weighted by atomic mass is 16.5. The van der Waals surface area contributed by atoms with Crippen molar-refractivity contribution >= 4 is 0 Å². The van der Waals surface area contributed by atoms with Gasteiger partial charge in [0.2, 0.25) is 5.88 Å². The predicted molar refractivity (Wildman–Crippen MR) is 62.5 cm³/mol. The maximum absolute atomic E-state index is 11.5. The lowest BCUT2D eigenvalue weighted by molar-refractivity contribution is 0.400. The number of nitrogens with zero attached hydrogens (tertiary/aromatic N) is 1. The summed E-state index contributed by atoms with van der Waals surface area (Å²) in [5.74, 6) is 0.347. The quantitative estimate of drug-likeness (QED) is 0.715. The number of hydrogen-bond donors (Lipinski definition) is 3. The Balaban J connectivity index is 2.65. The van der Waals surface area contributed by atoms with Gasteiger partial charge in [0.1, 0.15) is 11.4 Å². The molecule has 0 radical (unpaired) electrons. The van der Waals surface area contributed by atoms with Gasteiger partial charge in [0.25, 0.3) is 5.56 Å². The highest BCUT2D eigenvalue weighted by Gasteiger charge is 2.15. The SMILES string of the molecule is COc1ccccc1-n1[nH]c(=O)c(CN)c1O. The number of rotatable bonds is 3. The molecule has 0 saturated heterocycles. The Morgan fingerprint density at radius 3 is 2.76 bits per heavy atom. The largest absolute Gasteiger partial charge is 0.494 e. The zero-order chi connectivity index (χ0) is 12.4. The van der Waals surface area contributed by atoms with Crippen LogP contribution in [0.1, 0.15) is 5.56 Å². The first kappa shape index (κ1) is 11.3. The molecule has 90 valence electrons. The van der Waals surface area contributed by atoms with Crippen LogP contribution < -0.4 is 16.0 Å². The number of aromatic nitrogens is 2. The van der Waals surface area contributed by atoms with Crippen molar-refractivity contribution in [3.63, 3.8) is 0 Å². The predicted octanol–water partition coefficient (Wildman–Crippen LogP) is 0.338. The van der Waals surface area contributed by atoms with E-state index in [0.29, 0.717) is 11.4 Å². The molecule has 2 rings (SSSR count). The Morgan fingerprint density at radius 2 is 2.18 bits per heavy atom. The summed E-state index contributed by atoms with van der Waals surface area (Å²) in [6, 6.07) is 7.02. The second-order valence-electron chi connectivity index (χ2n) is 3.45.